The molecule has 0 aromatic carbocycles. The first-order valence-electron chi connectivity index (χ1n) is 3.82. The highest BCUT2D eigenvalue weighted by Gasteiger charge is 1.97. The Hall–Kier alpha value is -1.14. The van der Waals surface area contributed by atoms with Gasteiger partial charge in [0.2, 0.25) is 0 Å². The normalized spacial score (nSPS) is 10.0. The molecule has 2 aromatic heterocycles. The van der Waals surface area contributed by atoms with Gasteiger partial charge in [-0.15, -0.1) is 0 Å². The van der Waals surface area contributed by atoms with E-state index < -0.39 is 0 Å². The zero-order valence-corrected chi connectivity index (χ0v) is 8.70. The number of nitrogens with zero attached hydrogens (tertiary/aromatic N) is 4. The van der Waals surface area contributed by atoms with Gasteiger partial charge in [0.05, 0.1) is 0 Å². The Labute approximate surface area is 89.0 Å². The summed E-state index contributed by atoms with van der Waals surface area (Å²) in [4.78, 5) is 15.8. The van der Waals surface area contributed by atoms with Gasteiger partial charge in [-0.2, -0.15) is 0 Å². The van der Waals surface area contributed by atoms with Crippen LogP contribution < -0.4 is 0 Å². The number of aromatic nitrogens is 4. The minimum atomic E-state index is 0.920. The van der Waals surface area contributed by atoms with Gasteiger partial charge in [0.1, 0.15) is 22.7 Å². The van der Waals surface area contributed by atoms with Crippen molar-refractivity contribution in [2.75, 3.05) is 0 Å². The summed E-state index contributed by atoms with van der Waals surface area (Å²) in [6.07, 6.45) is 6.50. The van der Waals surface area contributed by atoms with E-state index in [1.54, 1.807) is 34.0 Å². The summed E-state index contributed by atoms with van der Waals surface area (Å²) in [6.45, 7) is 0. The Morgan fingerprint density at radius 3 is 1.64 bits per heavy atom. The predicted molar refractivity (Wildman–Crippen MR) is 55.8 cm³/mol. The molecule has 0 spiro atoms. The standard InChI is InChI=1S/C8H6N4S2/c1-3-9-5-11-7(1)13-14-8-2-4-10-6-12-8/h1-6H. The molecule has 0 amide bonds. The molecular weight excluding hydrogens is 216 g/mol. The Kier molecular flexibility index (Phi) is 3.31. The lowest BCUT2D eigenvalue weighted by atomic mass is 10.7. The Morgan fingerprint density at radius 2 is 1.29 bits per heavy atom. The molecular formula is C8H6N4S2. The summed E-state index contributed by atoms with van der Waals surface area (Å²) in [6, 6.07) is 3.72. The van der Waals surface area contributed by atoms with Gasteiger partial charge in [-0.05, 0) is 33.7 Å². The molecule has 0 atom stereocenters. The molecule has 0 N–H and O–H groups in total. The van der Waals surface area contributed by atoms with E-state index in [1.165, 1.54) is 12.7 Å². The minimum Gasteiger partial charge on any atom is -0.245 e. The van der Waals surface area contributed by atoms with Crippen LogP contribution in [0.15, 0.2) is 47.2 Å². The molecule has 0 radical (unpaired) electrons. The molecule has 4 nitrogen and oxygen atoms in total. The maximum absolute atomic E-state index is 4.08. The van der Waals surface area contributed by atoms with Crippen molar-refractivity contribution in [1.82, 2.24) is 19.9 Å². The van der Waals surface area contributed by atoms with E-state index in [0.717, 1.165) is 10.1 Å². The van der Waals surface area contributed by atoms with Crippen molar-refractivity contribution in [2.24, 2.45) is 0 Å². The maximum atomic E-state index is 4.08. The average Bonchev–Trinajstić information content (AvgIpc) is 2.29. The van der Waals surface area contributed by atoms with Crippen LogP contribution in [0.25, 0.3) is 0 Å². The van der Waals surface area contributed by atoms with E-state index in [2.05, 4.69) is 19.9 Å². The van der Waals surface area contributed by atoms with Crippen molar-refractivity contribution in [1.29, 1.82) is 0 Å². The second kappa shape index (κ2) is 4.92. The van der Waals surface area contributed by atoms with Gasteiger partial charge in [-0.3, -0.25) is 0 Å². The van der Waals surface area contributed by atoms with Crippen molar-refractivity contribution in [3.8, 4) is 0 Å². The molecule has 0 fully saturated rings. The second-order valence-corrected chi connectivity index (χ2v) is 4.43. The van der Waals surface area contributed by atoms with E-state index in [0.29, 0.717) is 0 Å². The minimum absolute atomic E-state index is 0.920. The van der Waals surface area contributed by atoms with Crippen LogP contribution in [0.2, 0.25) is 0 Å². The van der Waals surface area contributed by atoms with Gasteiger partial charge in [0, 0.05) is 12.4 Å². The summed E-state index contributed by atoms with van der Waals surface area (Å²) in [5, 5.41) is 1.84. The molecule has 0 aliphatic heterocycles. The van der Waals surface area contributed by atoms with Gasteiger partial charge in [0.25, 0.3) is 0 Å². The van der Waals surface area contributed by atoms with Crippen LogP contribution in [-0.4, -0.2) is 19.9 Å². The third-order valence-corrected chi connectivity index (χ3v) is 3.50. The lowest BCUT2D eigenvalue weighted by molar-refractivity contribution is 1.05. The summed E-state index contributed by atoms with van der Waals surface area (Å²) < 4.78 is 0. The molecule has 2 heterocycles. The zero-order chi connectivity index (χ0) is 9.64. The molecule has 0 unspecified atom stereocenters. The highest BCUT2D eigenvalue weighted by Crippen LogP contribution is 2.33. The molecule has 0 saturated heterocycles. The van der Waals surface area contributed by atoms with Crippen LogP contribution >= 0.6 is 21.6 Å². The quantitative estimate of drug-likeness (QED) is 0.585. The maximum Gasteiger partial charge on any atom is 0.116 e. The molecule has 0 aliphatic rings. The molecule has 6 heteroatoms. The highest BCUT2D eigenvalue weighted by molar-refractivity contribution is 8.76. The van der Waals surface area contributed by atoms with E-state index >= 15 is 0 Å². The SMILES string of the molecule is c1cc(SSc2ccncn2)ncn1. The topological polar surface area (TPSA) is 51.6 Å². The predicted octanol–water partition coefficient (Wildman–Crippen LogP) is 2.07. The molecule has 0 saturated carbocycles. The van der Waals surface area contributed by atoms with Crippen LogP contribution in [0.5, 0.6) is 0 Å². The first-order valence-corrected chi connectivity index (χ1v) is 5.97. The first kappa shape index (κ1) is 9.42. The Bertz CT molecular complexity index is 342. The third kappa shape index (κ3) is 2.68. The molecule has 2 aromatic rings. The fourth-order valence-electron chi connectivity index (χ4n) is 0.741. The molecule has 0 aliphatic carbocycles. The number of hydrogen-bond donors (Lipinski definition) is 0. The summed E-state index contributed by atoms with van der Waals surface area (Å²) in [5.41, 5.74) is 0. The van der Waals surface area contributed by atoms with E-state index in [4.69, 9.17) is 0 Å². The van der Waals surface area contributed by atoms with Crippen molar-refractivity contribution >= 4 is 21.6 Å². The smallest absolute Gasteiger partial charge is 0.116 e. The van der Waals surface area contributed by atoms with E-state index in [1.807, 2.05) is 12.1 Å². The van der Waals surface area contributed by atoms with Crippen molar-refractivity contribution in [3.63, 3.8) is 0 Å². The number of rotatable bonds is 3. The van der Waals surface area contributed by atoms with Crippen LogP contribution in [0.4, 0.5) is 0 Å². The summed E-state index contributed by atoms with van der Waals surface area (Å²) in [5.74, 6) is 0. The van der Waals surface area contributed by atoms with E-state index in [-0.39, 0.29) is 0 Å². The third-order valence-electron chi connectivity index (χ3n) is 1.32. The van der Waals surface area contributed by atoms with Crippen LogP contribution in [0, 0.1) is 0 Å². The van der Waals surface area contributed by atoms with Crippen molar-refractivity contribution in [2.45, 2.75) is 10.1 Å². The molecule has 2 rings (SSSR count). The van der Waals surface area contributed by atoms with Gasteiger partial charge in [-0.1, -0.05) is 0 Å². The Morgan fingerprint density at radius 1 is 0.786 bits per heavy atom. The highest BCUT2D eigenvalue weighted by atomic mass is 33.1. The summed E-state index contributed by atoms with van der Waals surface area (Å²) >= 11 is 0. The average molecular weight is 222 g/mol. The van der Waals surface area contributed by atoms with Crippen LogP contribution in [0.1, 0.15) is 0 Å². The van der Waals surface area contributed by atoms with Crippen molar-refractivity contribution < 1.29 is 0 Å². The fraction of sp³-hybridized carbons (Fsp3) is 0. The largest absolute Gasteiger partial charge is 0.245 e. The van der Waals surface area contributed by atoms with Crippen LogP contribution in [0.3, 0.4) is 0 Å². The fourth-order valence-corrected chi connectivity index (χ4v) is 2.43. The summed E-state index contributed by atoms with van der Waals surface area (Å²) in [7, 11) is 3.10. The Balaban J connectivity index is 1.96. The van der Waals surface area contributed by atoms with Gasteiger partial charge in [-0.25, -0.2) is 19.9 Å². The second-order valence-electron chi connectivity index (χ2n) is 2.26. The number of hydrogen-bond acceptors (Lipinski definition) is 6. The van der Waals surface area contributed by atoms with Gasteiger partial charge >= 0.3 is 0 Å². The lowest BCUT2D eigenvalue weighted by Crippen LogP contribution is -1.79. The van der Waals surface area contributed by atoms with Gasteiger partial charge < -0.3 is 0 Å². The van der Waals surface area contributed by atoms with Crippen molar-refractivity contribution in [3.05, 3.63) is 37.2 Å². The monoisotopic (exact) mass is 222 g/mol. The zero-order valence-electron chi connectivity index (χ0n) is 7.07. The molecule has 70 valence electrons. The van der Waals surface area contributed by atoms with E-state index in [9.17, 15) is 0 Å². The molecule has 0 bridgehead atoms. The molecule has 14 heavy (non-hydrogen) atoms. The van der Waals surface area contributed by atoms with Crippen LogP contribution in [-0.2, 0) is 0 Å². The van der Waals surface area contributed by atoms with Gasteiger partial charge in [0.15, 0.2) is 0 Å². The first-order chi connectivity index (χ1) is 6.95. The lowest BCUT2D eigenvalue weighted by Gasteiger charge is -1.97.